The maximum absolute atomic E-state index is 5.27. The summed E-state index contributed by atoms with van der Waals surface area (Å²) in [6, 6.07) is 3.86. The lowest BCUT2D eigenvalue weighted by atomic mass is 10.1. The molecular weight excluding hydrogens is 272 g/mol. The van der Waals surface area contributed by atoms with Gasteiger partial charge in [0.15, 0.2) is 0 Å². The van der Waals surface area contributed by atoms with Crippen LogP contribution in [0.1, 0.15) is 0 Å². The van der Waals surface area contributed by atoms with E-state index in [9.17, 15) is 0 Å². The van der Waals surface area contributed by atoms with E-state index in [0.29, 0.717) is 0 Å². The van der Waals surface area contributed by atoms with Crippen LogP contribution in [0.2, 0.25) is 0 Å². The van der Waals surface area contributed by atoms with Crippen molar-refractivity contribution in [1.82, 2.24) is 10.2 Å². The first-order valence-electron chi connectivity index (χ1n) is 4.67. The number of aromatic amines is 1. The maximum atomic E-state index is 5.27. The largest absolute Gasteiger partial charge is 0.495 e. The van der Waals surface area contributed by atoms with Crippen LogP contribution in [0.4, 0.5) is 0 Å². The number of benzene rings is 1. The monoisotopic (exact) mass is 282 g/mol. The Hall–Kier alpha value is -1.49. The van der Waals surface area contributed by atoms with Crippen molar-refractivity contribution in [2.45, 2.75) is 0 Å². The number of H-pyrrole nitrogens is 1. The molecule has 1 N–H and O–H groups in total. The molecule has 0 saturated carbocycles. The highest BCUT2D eigenvalue weighted by molar-refractivity contribution is 9.10. The van der Waals surface area contributed by atoms with Crippen molar-refractivity contribution in [3.63, 3.8) is 0 Å². The fourth-order valence-corrected chi connectivity index (χ4v) is 2.00. The molecule has 0 bridgehead atoms. The highest BCUT2D eigenvalue weighted by atomic mass is 79.9. The van der Waals surface area contributed by atoms with Gasteiger partial charge in [0.25, 0.3) is 0 Å². The van der Waals surface area contributed by atoms with E-state index in [1.54, 1.807) is 20.4 Å². The zero-order valence-electron chi connectivity index (χ0n) is 8.95. The summed E-state index contributed by atoms with van der Waals surface area (Å²) in [5.41, 5.74) is 1.98. The predicted octanol–water partition coefficient (Wildman–Crippen LogP) is 2.86. The number of methoxy groups -OCH3 is 2. The van der Waals surface area contributed by atoms with E-state index in [4.69, 9.17) is 9.47 Å². The lowest BCUT2D eigenvalue weighted by molar-refractivity contribution is 0.390. The van der Waals surface area contributed by atoms with Gasteiger partial charge in [0, 0.05) is 11.8 Å². The molecule has 0 saturated heterocycles. The van der Waals surface area contributed by atoms with E-state index in [1.807, 2.05) is 18.3 Å². The summed E-state index contributed by atoms with van der Waals surface area (Å²) < 4.78 is 11.3. The number of rotatable bonds is 3. The van der Waals surface area contributed by atoms with Crippen molar-refractivity contribution in [3.05, 3.63) is 29.0 Å². The number of halogens is 1. The minimum atomic E-state index is 0.732. The third-order valence-electron chi connectivity index (χ3n) is 2.28. The van der Waals surface area contributed by atoms with Crippen LogP contribution in [0.5, 0.6) is 11.5 Å². The number of ether oxygens (including phenoxy) is 2. The van der Waals surface area contributed by atoms with Crippen LogP contribution in [0.3, 0.4) is 0 Å². The van der Waals surface area contributed by atoms with E-state index >= 15 is 0 Å². The summed E-state index contributed by atoms with van der Waals surface area (Å²) >= 11 is 3.43. The zero-order chi connectivity index (χ0) is 11.5. The molecule has 5 heteroatoms. The SMILES string of the molecule is COc1cc(-c2cn[nH]c2)cc(OC)c1Br. The van der Waals surface area contributed by atoms with Gasteiger partial charge in [-0.2, -0.15) is 5.10 Å². The van der Waals surface area contributed by atoms with Crippen LogP contribution in [-0.4, -0.2) is 24.4 Å². The van der Waals surface area contributed by atoms with Gasteiger partial charge in [-0.3, -0.25) is 5.10 Å². The Bertz CT molecular complexity index is 458. The third kappa shape index (κ3) is 1.90. The second kappa shape index (κ2) is 4.57. The van der Waals surface area contributed by atoms with Crippen LogP contribution in [0.25, 0.3) is 11.1 Å². The molecular formula is C11H11BrN2O2. The van der Waals surface area contributed by atoms with Gasteiger partial charge in [-0.15, -0.1) is 0 Å². The zero-order valence-corrected chi connectivity index (χ0v) is 10.5. The number of aromatic nitrogens is 2. The number of hydrogen-bond acceptors (Lipinski definition) is 3. The standard InChI is InChI=1S/C11H11BrN2O2/c1-15-9-3-7(8-5-13-14-6-8)4-10(16-2)11(9)12/h3-6H,1-2H3,(H,13,14). The Balaban J connectivity index is 2.56. The summed E-state index contributed by atoms with van der Waals surface area (Å²) in [6.07, 6.45) is 3.57. The van der Waals surface area contributed by atoms with E-state index in [-0.39, 0.29) is 0 Å². The quantitative estimate of drug-likeness (QED) is 0.942. The molecule has 0 aliphatic rings. The molecule has 84 valence electrons. The lowest BCUT2D eigenvalue weighted by Gasteiger charge is -2.10. The van der Waals surface area contributed by atoms with Crippen molar-refractivity contribution < 1.29 is 9.47 Å². The average Bonchev–Trinajstić information content (AvgIpc) is 2.83. The molecule has 0 aliphatic heterocycles. The van der Waals surface area contributed by atoms with Crippen molar-refractivity contribution in [1.29, 1.82) is 0 Å². The molecule has 0 spiro atoms. The summed E-state index contributed by atoms with van der Waals surface area (Å²) in [6.45, 7) is 0. The molecule has 1 aromatic carbocycles. The number of nitrogens with zero attached hydrogens (tertiary/aromatic N) is 1. The molecule has 0 amide bonds. The molecule has 0 fully saturated rings. The van der Waals surface area contributed by atoms with Gasteiger partial charge < -0.3 is 9.47 Å². The van der Waals surface area contributed by atoms with Crippen molar-refractivity contribution in [3.8, 4) is 22.6 Å². The third-order valence-corrected chi connectivity index (χ3v) is 3.06. The summed E-state index contributed by atoms with van der Waals surface area (Å²) in [5.74, 6) is 1.46. The highest BCUT2D eigenvalue weighted by Gasteiger charge is 2.11. The maximum Gasteiger partial charge on any atom is 0.137 e. The average molecular weight is 283 g/mol. The second-order valence-electron chi connectivity index (χ2n) is 3.18. The summed E-state index contributed by atoms with van der Waals surface area (Å²) in [7, 11) is 3.25. The topological polar surface area (TPSA) is 47.1 Å². The Kier molecular flexibility index (Phi) is 3.14. The Morgan fingerprint density at radius 1 is 1.12 bits per heavy atom. The minimum absolute atomic E-state index is 0.732. The van der Waals surface area contributed by atoms with E-state index < -0.39 is 0 Å². The molecule has 0 atom stereocenters. The fourth-order valence-electron chi connectivity index (χ4n) is 1.44. The van der Waals surface area contributed by atoms with Gasteiger partial charge in [-0.25, -0.2) is 0 Å². The Morgan fingerprint density at radius 3 is 2.19 bits per heavy atom. The molecule has 1 heterocycles. The van der Waals surface area contributed by atoms with Crippen LogP contribution >= 0.6 is 15.9 Å². The number of hydrogen-bond donors (Lipinski definition) is 1. The molecule has 16 heavy (non-hydrogen) atoms. The molecule has 2 aromatic rings. The normalized spacial score (nSPS) is 10.2. The highest BCUT2D eigenvalue weighted by Crippen LogP contribution is 2.38. The number of nitrogens with one attached hydrogen (secondary N) is 1. The second-order valence-corrected chi connectivity index (χ2v) is 3.97. The predicted molar refractivity (Wildman–Crippen MR) is 64.8 cm³/mol. The molecule has 1 aromatic heterocycles. The lowest BCUT2D eigenvalue weighted by Crippen LogP contribution is -1.91. The van der Waals surface area contributed by atoms with Gasteiger partial charge in [0.2, 0.25) is 0 Å². The van der Waals surface area contributed by atoms with E-state index in [2.05, 4.69) is 26.1 Å². The first kappa shape index (κ1) is 11.0. The fraction of sp³-hybridized carbons (Fsp3) is 0.182. The van der Waals surface area contributed by atoms with Crippen molar-refractivity contribution >= 4 is 15.9 Å². The Morgan fingerprint density at radius 2 is 1.75 bits per heavy atom. The summed E-state index contributed by atoms with van der Waals surface area (Å²) in [5, 5.41) is 6.69. The first-order valence-corrected chi connectivity index (χ1v) is 5.46. The van der Waals surface area contributed by atoms with Crippen molar-refractivity contribution in [2.75, 3.05) is 14.2 Å². The van der Waals surface area contributed by atoms with E-state index in [1.165, 1.54) is 0 Å². The van der Waals surface area contributed by atoms with Crippen LogP contribution in [0.15, 0.2) is 29.0 Å². The van der Waals surface area contributed by atoms with Gasteiger partial charge >= 0.3 is 0 Å². The van der Waals surface area contributed by atoms with Gasteiger partial charge in [0.05, 0.1) is 20.4 Å². The molecule has 0 aliphatic carbocycles. The smallest absolute Gasteiger partial charge is 0.137 e. The van der Waals surface area contributed by atoms with E-state index in [0.717, 1.165) is 27.1 Å². The molecule has 4 nitrogen and oxygen atoms in total. The Labute approximate surface area is 102 Å². The minimum Gasteiger partial charge on any atom is -0.495 e. The van der Waals surface area contributed by atoms with Crippen LogP contribution < -0.4 is 9.47 Å². The summed E-state index contributed by atoms with van der Waals surface area (Å²) in [4.78, 5) is 0. The van der Waals surface area contributed by atoms with Crippen molar-refractivity contribution in [2.24, 2.45) is 0 Å². The first-order chi connectivity index (χ1) is 7.76. The molecule has 0 unspecified atom stereocenters. The van der Waals surface area contributed by atoms with Gasteiger partial charge in [0.1, 0.15) is 16.0 Å². The van der Waals surface area contributed by atoms with Crippen LogP contribution in [0, 0.1) is 0 Å². The van der Waals surface area contributed by atoms with Gasteiger partial charge in [-0.1, -0.05) is 0 Å². The molecule has 2 rings (SSSR count). The van der Waals surface area contributed by atoms with Crippen LogP contribution in [-0.2, 0) is 0 Å². The molecule has 0 radical (unpaired) electrons. The van der Waals surface area contributed by atoms with Gasteiger partial charge in [-0.05, 0) is 33.6 Å².